The molecule has 0 aliphatic carbocycles. The molecule has 1 aliphatic heterocycles. The minimum Gasteiger partial charge on any atom is -0.362 e. The molecule has 1 aromatic carbocycles. The van der Waals surface area contributed by atoms with Crippen molar-refractivity contribution < 1.29 is 14.3 Å². The lowest BCUT2D eigenvalue weighted by Crippen LogP contribution is -2.46. The molecule has 1 saturated heterocycles. The molecule has 1 heterocycles. The molecule has 0 spiro atoms. The lowest BCUT2D eigenvalue weighted by Gasteiger charge is -2.24. The highest BCUT2D eigenvalue weighted by Gasteiger charge is 2.27. The van der Waals surface area contributed by atoms with E-state index in [0.717, 1.165) is 16.9 Å². The molecule has 2 rings (SSSR count). The van der Waals surface area contributed by atoms with E-state index in [9.17, 15) is 9.59 Å². The van der Waals surface area contributed by atoms with Crippen molar-refractivity contribution in [3.8, 4) is 0 Å². The highest BCUT2D eigenvalue weighted by atomic mass is 16.5. The summed E-state index contributed by atoms with van der Waals surface area (Å²) in [6.45, 7) is 0.487. The Hall–Kier alpha value is -1.72. The Balaban J connectivity index is 2.20. The van der Waals surface area contributed by atoms with Gasteiger partial charge in [0.2, 0.25) is 0 Å². The van der Waals surface area contributed by atoms with E-state index in [4.69, 9.17) is 10.5 Å². The molecular weight excluding hydrogens is 220 g/mol. The molecule has 5 heteroatoms. The van der Waals surface area contributed by atoms with Gasteiger partial charge < -0.3 is 10.5 Å². The molecule has 1 aromatic rings. The lowest BCUT2D eigenvalue weighted by atomic mass is 10.1. The maximum atomic E-state index is 11.6. The first-order valence-corrected chi connectivity index (χ1v) is 5.45. The van der Waals surface area contributed by atoms with Crippen molar-refractivity contribution in [2.45, 2.75) is 6.42 Å². The van der Waals surface area contributed by atoms with E-state index in [2.05, 4.69) is 0 Å². The quantitative estimate of drug-likeness (QED) is 0.752. The second-order valence-electron chi connectivity index (χ2n) is 3.82. The van der Waals surface area contributed by atoms with Crippen molar-refractivity contribution in [1.82, 2.24) is 0 Å². The summed E-state index contributed by atoms with van der Waals surface area (Å²) in [7, 11) is 0. The van der Waals surface area contributed by atoms with Gasteiger partial charge in [0.1, 0.15) is 13.2 Å². The van der Waals surface area contributed by atoms with Crippen LogP contribution in [0.3, 0.4) is 0 Å². The maximum absolute atomic E-state index is 11.6. The van der Waals surface area contributed by atoms with Crippen molar-refractivity contribution in [3.05, 3.63) is 29.8 Å². The molecule has 0 bridgehead atoms. The first-order valence-electron chi connectivity index (χ1n) is 5.45. The summed E-state index contributed by atoms with van der Waals surface area (Å²) < 4.78 is 4.85. The molecule has 2 amide bonds. The van der Waals surface area contributed by atoms with E-state index in [-0.39, 0.29) is 25.0 Å². The minimum atomic E-state index is -0.326. The summed E-state index contributed by atoms with van der Waals surface area (Å²) >= 11 is 0. The number of benzene rings is 1. The predicted octanol–water partition coefficient (Wildman–Crippen LogP) is 0.0776. The summed E-state index contributed by atoms with van der Waals surface area (Å²) in [5.74, 6) is -0.652. The predicted molar refractivity (Wildman–Crippen MR) is 62.5 cm³/mol. The van der Waals surface area contributed by atoms with Crippen LogP contribution in [0.4, 0.5) is 5.69 Å². The van der Waals surface area contributed by atoms with Gasteiger partial charge in [0.05, 0.1) is 5.69 Å². The largest absolute Gasteiger partial charge is 0.362 e. The fourth-order valence-corrected chi connectivity index (χ4v) is 1.76. The third-order valence-corrected chi connectivity index (χ3v) is 2.58. The van der Waals surface area contributed by atoms with Gasteiger partial charge in [-0.25, -0.2) is 4.90 Å². The van der Waals surface area contributed by atoms with Gasteiger partial charge in [-0.1, -0.05) is 12.1 Å². The minimum absolute atomic E-state index is 0.0453. The smallest absolute Gasteiger partial charge is 0.259 e. The molecule has 0 saturated carbocycles. The van der Waals surface area contributed by atoms with E-state index in [0.29, 0.717) is 12.2 Å². The summed E-state index contributed by atoms with van der Waals surface area (Å²) in [5, 5.41) is 0. The monoisotopic (exact) mass is 234 g/mol. The second kappa shape index (κ2) is 5.07. The van der Waals surface area contributed by atoms with Gasteiger partial charge in [-0.05, 0) is 30.7 Å². The standard InChI is InChI=1S/C12H14N2O3/c13-6-5-9-1-3-10(4-2-9)14-11(15)7-17-8-12(14)16/h1-4H,5-8,13H2. The molecule has 0 atom stereocenters. The number of carbonyl (C=O) groups is 2. The number of rotatable bonds is 3. The van der Waals surface area contributed by atoms with Gasteiger partial charge in [-0.3, -0.25) is 9.59 Å². The number of morpholine rings is 1. The summed E-state index contributed by atoms with van der Waals surface area (Å²) in [4.78, 5) is 24.3. The van der Waals surface area contributed by atoms with Crippen molar-refractivity contribution >= 4 is 17.5 Å². The van der Waals surface area contributed by atoms with Gasteiger partial charge >= 0.3 is 0 Å². The molecule has 90 valence electrons. The third-order valence-electron chi connectivity index (χ3n) is 2.58. The molecule has 0 aromatic heterocycles. The number of hydrogen-bond acceptors (Lipinski definition) is 4. The Morgan fingerprint density at radius 2 is 1.71 bits per heavy atom. The van der Waals surface area contributed by atoms with Crippen LogP contribution in [0.15, 0.2) is 24.3 Å². The fraction of sp³-hybridized carbons (Fsp3) is 0.333. The van der Waals surface area contributed by atoms with Crippen LogP contribution in [0.1, 0.15) is 5.56 Å². The van der Waals surface area contributed by atoms with Crippen LogP contribution in [-0.2, 0) is 20.7 Å². The molecule has 17 heavy (non-hydrogen) atoms. The number of anilines is 1. The molecule has 1 fully saturated rings. The van der Waals surface area contributed by atoms with Gasteiger partial charge in [-0.15, -0.1) is 0 Å². The van der Waals surface area contributed by atoms with E-state index < -0.39 is 0 Å². The van der Waals surface area contributed by atoms with E-state index in [1.807, 2.05) is 12.1 Å². The normalized spacial score (nSPS) is 16.4. The number of nitrogens with two attached hydrogens (primary N) is 1. The average molecular weight is 234 g/mol. The number of imide groups is 1. The van der Waals surface area contributed by atoms with Gasteiger partial charge in [0.25, 0.3) is 11.8 Å². The lowest BCUT2D eigenvalue weighted by molar-refractivity contribution is -0.138. The zero-order chi connectivity index (χ0) is 12.3. The Bertz CT molecular complexity index is 412. The molecule has 5 nitrogen and oxygen atoms in total. The highest BCUT2D eigenvalue weighted by molar-refractivity contribution is 6.16. The fourth-order valence-electron chi connectivity index (χ4n) is 1.76. The van der Waals surface area contributed by atoms with Crippen LogP contribution in [0.2, 0.25) is 0 Å². The zero-order valence-electron chi connectivity index (χ0n) is 9.39. The van der Waals surface area contributed by atoms with Crippen LogP contribution in [0.25, 0.3) is 0 Å². The molecule has 0 unspecified atom stereocenters. The number of carbonyl (C=O) groups excluding carboxylic acids is 2. The summed E-state index contributed by atoms with van der Waals surface area (Å²) in [6.07, 6.45) is 0.783. The SMILES string of the molecule is NCCc1ccc(N2C(=O)COCC2=O)cc1. The molecular formula is C12H14N2O3. The summed E-state index contributed by atoms with van der Waals surface area (Å²) in [5.41, 5.74) is 7.12. The zero-order valence-corrected chi connectivity index (χ0v) is 9.39. The van der Waals surface area contributed by atoms with E-state index >= 15 is 0 Å². The first kappa shape index (κ1) is 11.8. The molecule has 1 aliphatic rings. The van der Waals surface area contributed by atoms with Gasteiger partial charge in [-0.2, -0.15) is 0 Å². The Kier molecular flexibility index (Phi) is 3.51. The Morgan fingerprint density at radius 3 is 2.24 bits per heavy atom. The summed E-state index contributed by atoms with van der Waals surface area (Å²) in [6, 6.07) is 7.26. The number of hydrogen-bond donors (Lipinski definition) is 1. The van der Waals surface area contributed by atoms with Crippen LogP contribution in [-0.4, -0.2) is 31.6 Å². The van der Waals surface area contributed by atoms with Crippen LogP contribution >= 0.6 is 0 Å². The van der Waals surface area contributed by atoms with Crippen molar-refractivity contribution in [3.63, 3.8) is 0 Å². The van der Waals surface area contributed by atoms with Crippen LogP contribution in [0.5, 0.6) is 0 Å². The average Bonchev–Trinajstić information content (AvgIpc) is 2.31. The maximum Gasteiger partial charge on any atom is 0.259 e. The highest BCUT2D eigenvalue weighted by Crippen LogP contribution is 2.18. The molecule has 0 radical (unpaired) electrons. The second-order valence-corrected chi connectivity index (χ2v) is 3.82. The van der Waals surface area contributed by atoms with Crippen molar-refractivity contribution in [2.24, 2.45) is 5.73 Å². The van der Waals surface area contributed by atoms with Crippen molar-refractivity contribution in [2.75, 3.05) is 24.7 Å². The Morgan fingerprint density at radius 1 is 1.12 bits per heavy atom. The number of amides is 2. The Labute approximate surface area is 99.2 Å². The van der Waals surface area contributed by atoms with Gasteiger partial charge in [0, 0.05) is 0 Å². The topological polar surface area (TPSA) is 72.6 Å². The number of nitrogens with zero attached hydrogens (tertiary/aromatic N) is 1. The molecule has 2 N–H and O–H groups in total. The van der Waals surface area contributed by atoms with E-state index in [1.54, 1.807) is 12.1 Å². The van der Waals surface area contributed by atoms with Crippen LogP contribution in [0, 0.1) is 0 Å². The van der Waals surface area contributed by atoms with E-state index in [1.165, 1.54) is 0 Å². The van der Waals surface area contributed by atoms with Crippen LogP contribution < -0.4 is 10.6 Å². The first-order chi connectivity index (χ1) is 8.22. The number of ether oxygens (including phenoxy) is 1. The van der Waals surface area contributed by atoms with Gasteiger partial charge in [0.15, 0.2) is 0 Å². The van der Waals surface area contributed by atoms with Crippen molar-refractivity contribution in [1.29, 1.82) is 0 Å². The third kappa shape index (κ3) is 2.51.